The minimum atomic E-state index is -0.785. The molecule has 0 saturated heterocycles. The van der Waals surface area contributed by atoms with Crippen LogP contribution in [-0.2, 0) is 28.6 Å². The predicted molar refractivity (Wildman–Crippen MR) is 335 cm³/mol. The molecule has 0 heterocycles. The van der Waals surface area contributed by atoms with Crippen LogP contribution in [0.3, 0.4) is 0 Å². The van der Waals surface area contributed by atoms with Crippen LogP contribution in [0.1, 0.15) is 367 Å². The van der Waals surface area contributed by atoms with Gasteiger partial charge in [-0.3, -0.25) is 14.4 Å². The zero-order valence-electron chi connectivity index (χ0n) is 51.7. The SMILES string of the molecule is CCC/C=C\C/C=C\CCCCCCCC(=O)OCC(COC(=O)CCCCCCCCCCCCCCCCCCCCCCCCCCCCCCCC)OC(=O)CCCCCCC/C=C\C/C=C\CCCCCC. The van der Waals surface area contributed by atoms with Crippen LogP contribution in [0.2, 0.25) is 0 Å². The van der Waals surface area contributed by atoms with E-state index in [9.17, 15) is 14.4 Å². The lowest BCUT2D eigenvalue weighted by atomic mass is 10.0. The van der Waals surface area contributed by atoms with E-state index in [1.165, 1.54) is 218 Å². The Kier molecular flexibility index (Phi) is 63.6. The van der Waals surface area contributed by atoms with Gasteiger partial charge in [-0.15, -0.1) is 0 Å². The summed E-state index contributed by atoms with van der Waals surface area (Å²) in [5.74, 6) is -0.889. The van der Waals surface area contributed by atoms with E-state index in [2.05, 4.69) is 69.4 Å². The summed E-state index contributed by atoms with van der Waals surface area (Å²) >= 11 is 0. The Morgan fingerprint density at radius 3 is 0.779 bits per heavy atom. The number of hydrogen-bond acceptors (Lipinski definition) is 6. The van der Waals surface area contributed by atoms with Crippen LogP contribution in [0, 0.1) is 0 Å². The van der Waals surface area contributed by atoms with Crippen LogP contribution in [-0.4, -0.2) is 37.2 Å². The monoisotopic (exact) mass is 1080 g/mol. The van der Waals surface area contributed by atoms with Crippen molar-refractivity contribution < 1.29 is 28.6 Å². The van der Waals surface area contributed by atoms with Gasteiger partial charge in [-0.2, -0.15) is 0 Å². The lowest BCUT2D eigenvalue weighted by Gasteiger charge is -2.18. The third-order valence-corrected chi connectivity index (χ3v) is 15.3. The fourth-order valence-corrected chi connectivity index (χ4v) is 10.2. The summed E-state index contributed by atoms with van der Waals surface area (Å²) in [6.45, 7) is 6.59. The van der Waals surface area contributed by atoms with E-state index in [0.29, 0.717) is 19.3 Å². The number of allylic oxidation sites excluding steroid dienone is 8. The second-order valence-electron chi connectivity index (χ2n) is 23.1. The first-order valence-corrected chi connectivity index (χ1v) is 34.1. The maximum Gasteiger partial charge on any atom is 0.306 e. The standard InChI is InChI=1S/C71H130O6/c1-4-7-10-13-16-19-22-25-27-29-30-31-32-33-34-35-36-37-38-39-40-41-42-44-46-49-52-55-58-61-64-70(73)76-67-68(66-75-69(72)63-60-57-54-51-48-45-24-21-18-15-12-9-6-3)77-71(74)65-62-59-56-53-50-47-43-28-26-23-20-17-14-11-8-5-2/h12,15,20-21,23-24,28,43,68H,4-11,13-14,16-19,22,25-27,29-42,44-67H2,1-3H3/b15-12-,23-20-,24-21-,43-28-. The van der Waals surface area contributed by atoms with Crippen molar-refractivity contribution in [2.45, 2.75) is 374 Å². The minimum Gasteiger partial charge on any atom is -0.462 e. The number of unbranched alkanes of at least 4 members (excludes halogenated alkanes) is 44. The molecule has 1 unspecified atom stereocenters. The molecule has 450 valence electrons. The largest absolute Gasteiger partial charge is 0.462 e. The fraction of sp³-hybridized carbons (Fsp3) is 0.845. The van der Waals surface area contributed by atoms with Gasteiger partial charge in [0.15, 0.2) is 6.10 Å². The third kappa shape index (κ3) is 64.1. The van der Waals surface area contributed by atoms with E-state index in [1.807, 2.05) is 0 Å². The Labute approximate surface area is 479 Å². The molecule has 6 nitrogen and oxygen atoms in total. The first-order chi connectivity index (χ1) is 38.0. The van der Waals surface area contributed by atoms with E-state index in [1.54, 1.807) is 0 Å². The number of ether oxygens (including phenoxy) is 3. The Hall–Kier alpha value is -2.63. The lowest BCUT2D eigenvalue weighted by Crippen LogP contribution is -2.30. The Morgan fingerprint density at radius 1 is 0.260 bits per heavy atom. The van der Waals surface area contributed by atoms with Gasteiger partial charge in [-0.25, -0.2) is 0 Å². The molecule has 77 heavy (non-hydrogen) atoms. The maximum absolute atomic E-state index is 12.9. The fourth-order valence-electron chi connectivity index (χ4n) is 10.2. The zero-order valence-corrected chi connectivity index (χ0v) is 51.7. The van der Waals surface area contributed by atoms with E-state index >= 15 is 0 Å². The van der Waals surface area contributed by atoms with E-state index in [-0.39, 0.29) is 31.1 Å². The van der Waals surface area contributed by atoms with Crippen molar-refractivity contribution >= 4 is 17.9 Å². The van der Waals surface area contributed by atoms with Gasteiger partial charge < -0.3 is 14.2 Å². The third-order valence-electron chi connectivity index (χ3n) is 15.3. The number of carbonyl (C=O) groups is 3. The van der Waals surface area contributed by atoms with Crippen molar-refractivity contribution in [3.05, 3.63) is 48.6 Å². The second kappa shape index (κ2) is 65.9. The molecule has 0 aromatic rings. The van der Waals surface area contributed by atoms with Crippen molar-refractivity contribution in [3.63, 3.8) is 0 Å². The highest BCUT2D eigenvalue weighted by atomic mass is 16.6. The molecule has 0 rings (SSSR count). The summed E-state index contributed by atoms with van der Waals surface area (Å²) < 4.78 is 16.9. The summed E-state index contributed by atoms with van der Waals surface area (Å²) in [6, 6.07) is 0. The maximum atomic E-state index is 12.9. The molecule has 1 atom stereocenters. The van der Waals surface area contributed by atoms with Crippen molar-refractivity contribution in [3.8, 4) is 0 Å². The molecule has 0 aliphatic carbocycles. The average molecular weight is 1080 g/mol. The number of esters is 3. The number of hydrogen-bond donors (Lipinski definition) is 0. The van der Waals surface area contributed by atoms with Crippen molar-refractivity contribution in [2.24, 2.45) is 0 Å². The van der Waals surface area contributed by atoms with Crippen molar-refractivity contribution in [1.82, 2.24) is 0 Å². The summed E-state index contributed by atoms with van der Waals surface area (Å²) in [6.07, 6.45) is 82.9. The number of rotatable bonds is 63. The highest BCUT2D eigenvalue weighted by Gasteiger charge is 2.19. The molecule has 0 N–H and O–H groups in total. The molecule has 6 heteroatoms. The molecule has 0 aliphatic rings. The van der Waals surface area contributed by atoms with Crippen molar-refractivity contribution in [2.75, 3.05) is 13.2 Å². The lowest BCUT2D eigenvalue weighted by molar-refractivity contribution is -0.167. The summed E-state index contributed by atoms with van der Waals surface area (Å²) in [7, 11) is 0. The second-order valence-corrected chi connectivity index (χ2v) is 23.1. The molecule has 0 bridgehead atoms. The Morgan fingerprint density at radius 2 is 0.494 bits per heavy atom. The van der Waals surface area contributed by atoms with Crippen LogP contribution >= 0.6 is 0 Å². The summed E-state index contributed by atoms with van der Waals surface area (Å²) in [5.41, 5.74) is 0. The van der Waals surface area contributed by atoms with Crippen LogP contribution in [0.25, 0.3) is 0 Å². The molecule has 0 fully saturated rings. The first kappa shape index (κ1) is 74.4. The van der Waals surface area contributed by atoms with Gasteiger partial charge in [0.05, 0.1) is 0 Å². The number of carbonyl (C=O) groups excluding carboxylic acids is 3. The molecule has 0 saturated carbocycles. The minimum absolute atomic E-state index is 0.0802. The van der Waals surface area contributed by atoms with Crippen LogP contribution < -0.4 is 0 Å². The molecular formula is C71H130O6. The molecular weight excluding hydrogens is 949 g/mol. The van der Waals surface area contributed by atoms with Gasteiger partial charge in [0.2, 0.25) is 0 Å². The van der Waals surface area contributed by atoms with Gasteiger partial charge in [0.1, 0.15) is 13.2 Å². The average Bonchev–Trinajstić information content (AvgIpc) is 3.43. The zero-order chi connectivity index (χ0) is 55.7. The van der Waals surface area contributed by atoms with Gasteiger partial charge in [-0.05, 0) is 77.0 Å². The Balaban J connectivity index is 4.15. The highest BCUT2D eigenvalue weighted by Crippen LogP contribution is 2.18. The van der Waals surface area contributed by atoms with Gasteiger partial charge in [0, 0.05) is 19.3 Å². The van der Waals surface area contributed by atoms with Gasteiger partial charge >= 0.3 is 17.9 Å². The summed E-state index contributed by atoms with van der Waals surface area (Å²) in [4.78, 5) is 38.3. The summed E-state index contributed by atoms with van der Waals surface area (Å²) in [5, 5.41) is 0. The van der Waals surface area contributed by atoms with E-state index in [0.717, 1.165) is 109 Å². The van der Waals surface area contributed by atoms with E-state index < -0.39 is 6.10 Å². The molecule has 0 amide bonds. The Bertz CT molecular complexity index is 1330. The van der Waals surface area contributed by atoms with Crippen LogP contribution in [0.5, 0.6) is 0 Å². The van der Waals surface area contributed by atoms with E-state index in [4.69, 9.17) is 14.2 Å². The van der Waals surface area contributed by atoms with Crippen LogP contribution in [0.15, 0.2) is 48.6 Å². The normalized spacial score (nSPS) is 12.3. The smallest absolute Gasteiger partial charge is 0.306 e. The van der Waals surface area contributed by atoms with Crippen molar-refractivity contribution in [1.29, 1.82) is 0 Å². The quantitative estimate of drug-likeness (QED) is 0.0261. The van der Waals surface area contributed by atoms with Gasteiger partial charge in [-0.1, -0.05) is 320 Å². The topological polar surface area (TPSA) is 78.9 Å². The predicted octanol–water partition coefficient (Wildman–Crippen LogP) is 23.3. The molecule has 0 aromatic heterocycles. The van der Waals surface area contributed by atoms with Crippen LogP contribution in [0.4, 0.5) is 0 Å². The molecule has 0 spiro atoms. The molecule has 0 aromatic carbocycles. The molecule has 0 radical (unpaired) electrons. The van der Waals surface area contributed by atoms with Gasteiger partial charge in [0.25, 0.3) is 0 Å². The first-order valence-electron chi connectivity index (χ1n) is 34.1. The highest BCUT2D eigenvalue weighted by molar-refractivity contribution is 5.71. The molecule has 0 aliphatic heterocycles.